The second-order valence-electron chi connectivity index (χ2n) is 5.12. The number of carboxylic acids is 1. The van der Waals surface area contributed by atoms with Gasteiger partial charge in [0, 0.05) is 10.9 Å². The maximum Gasteiger partial charge on any atom is 0.354 e. The number of aryl methyl sites for hydroxylation is 3. The third kappa shape index (κ3) is 2.14. The number of nitrogens with zero attached hydrogens (tertiary/aromatic N) is 2. The summed E-state index contributed by atoms with van der Waals surface area (Å²) in [5.41, 5.74) is 5.20. The molecule has 0 aliphatic carbocycles. The highest BCUT2D eigenvalue weighted by atomic mass is 32.1. The van der Waals surface area contributed by atoms with Crippen molar-refractivity contribution < 1.29 is 9.90 Å². The van der Waals surface area contributed by atoms with Crippen molar-refractivity contribution in [3.05, 3.63) is 46.1 Å². The second-order valence-corrected chi connectivity index (χ2v) is 5.96. The van der Waals surface area contributed by atoms with Gasteiger partial charge in [-0.1, -0.05) is 30.7 Å². The van der Waals surface area contributed by atoms with Gasteiger partial charge in [-0.3, -0.25) is 4.40 Å². The second kappa shape index (κ2) is 5.00. The molecule has 2 heterocycles. The molecule has 108 valence electrons. The Morgan fingerprint density at radius 3 is 2.76 bits per heavy atom. The molecule has 3 aromatic rings. The fraction of sp³-hybridized carbons (Fsp3) is 0.250. The standard InChI is InChI=1S/C16H16N2O2S/c1-4-12-14(15(19)20)18-13(8-21-16(18)17-12)11-6-5-9(2)7-10(11)3/h5-8H,4H2,1-3H3,(H,19,20). The van der Waals surface area contributed by atoms with Crippen molar-refractivity contribution in [2.24, 2.45) is 0 Å². The molecule has 0 amide bonds. The first-order valence-electron chi connectivity index (χ1n) is 6.82. The summed E-state index contributed by atoms with van der Waals surface area (Å²) >= 11 is 1.48. The third-order valence-electron chi connectivity index (χ3n) is 3.63. The van der Waals surface area contributed by atoms with E-state index in [1.165, 1.54) is 16.9 Å². The molecule has 0 spiro atoms. The average Bonchev–Trinajstić information content (AvgIpc) is 2.97. The minimum atomic E-state index is -0.927. The number of carbonyl (C=O) groups is 1. The van der Waals surface area contributed by atoms with Gasteiger partial charge in [-0.05, 0) is 25.8 Å². The van der Waals surface area contributed by atoms with Crippen LogP contribution >= 0.6 is 11.3 Å². The molecule has 5 heteroatoms. The number of hydrogen-bond donors (Lipinski definition) is 1. The van der Waals surface area contributed by atoms with Crippen LogP contribution in [0.2, 0.25) is 0 Å². The van der Waals surface area contributed by atoms with Crippen LogP contribution in [0.3, 0.4) is 0 Å². The summed E-state index contributed by atoms with van der Waals surface area (Å²) in [6.45, 7) is 6.02. The van der Waals surface area contributed by atoms with Gasteiger partial charge in [-0.25, -0.2) is 9.78 Å². The summed E-state index contributed by atoms with van der Waals surface area (Å²) in [6.07, 6.45) is 0.613. The smallest absolute Gasteiger partial charge is 0.354 e. The summed E-state index contributed by atoms with van der Waals surface area (Å²) in [5, 5.41) is 11.5. The molecule has 0 atom stereocenters. The van der Waals surface area contributed by atoms with Crippen molar-refractivity contribution >= 4 is 22.3 Å². The first kappa shape index (κ1) is 13.8. The maximum absolute atomic E-state index is 11.6. The molecule has 4 nitrogen and oxygen atoms in total. The molecule has 0 saturated carbocycles. The van der Waals surface area contributed by atoms with E-state index in [1.54, 1.807) is 4.40 Å². The molecule has 2 aromatic heterocycles. The summed E-state index contributed by atoms with van der Waals surface area (Å²) in [7, 11) is 0. The number of aromatic carboxylic acids is 1. The van der Waals surface area contributed by atoms with Crippen molar-refractivity contribution in [1.29, 1.82) is 0 Å². The third-order valence-corrected chi connectivity index (χ3v) is 4.46. The Morgan fingerprint density at radius 1 is 1.38 bits per heavy atom. The van der Waals surface area contributed by atoms with Crippen molar-refractivity contribution in [2.45, 2.75) is 27.2 Å². The van der Waals surface area contributed by atoms with E-state index < -0.39 is 5.97 Å². The molecule has 3 rings (SSSR count). The van der Waals surface area contributed by atoms with Crippen LogP contribution in [0, 0.1) is 13.8 Å². The van der Waals surface area contributed by atoms with Crippen molar-refractivity contribution in [3.63, 3.8) is 0 Å². The number of carboxylic acid groups (broad SMARTS) is 1. The van der Waals surface area contributed by atoms with Crippen LogP contribution in [0.4, 0.5) is 0 Å². The summed E-state index contributed by atoms with van der Waals surface area (Å²) in [4.78, 5) is 16.8. The quantitative estimate of drug-likeness (QED) is 0.797. The van der Waals surface area contributed by atoms with Crippen molar-refractivity contribution in [3.8, 4) is 11.3 Å². The average molecular weight is 300 g/mol. The predicted octanol–water partition coefficient (Wildman–Crippen LogP) is 3.94. The first-order valence-corrected chi connectivity index (χ1v) is 7.70. The molecular formula is C16H16N2O2S. The molecule has 0 unspecified atom stereocenters. The zero-order chi connectivity index (χ0) is 15.1. The molecule has 1 N–H and O–H groups in total. The van der Waals surface area contributed by atoms with Gasteiger partial charge in [0.2, 0.25) is 0 Å². The molecule has 21 heavy (non-hydrogen) atoms. The van der Waals surface area contributed by atoms with Crippen LogP contribution in [0.5, 0.6) is 0 Å². The van der Waals surface area contributed by atoms with Crippen LogP contribution in [0.15, 0.2) is 23.6 Å². The Balaban J connectivity index is 2.33. The maximum atomic E-state index is 11.6. The van der Waals surface area contributed by atoms with E-state index in [2.05, 4.69) is 18.0 Å². The lowest BCUT2D eigenvalue weighted by Crippen LogP contribution is -2.06. The van der Waals surface area contributed by atoms with E-state index in [-0.39, 0.29) is 5.69 Å². The lowest BCUT2D eigenvalue weighted by Gasteiger charge is -2.07. The van der Waals surface area contributed by atoms with E-state index >= 15 is 0 Å². The zero-order valence-corrected chi connectivity index (χ0v) is 13.0. The normalized spacial score (nSPS) is 11.2. The number of fused-ring (bicyclic) bond motifs is 1. The van der Waals surface area contributed by atoms with Gasteiger partial charge in [-0.2, -0.15) is 0 Å². The van der Waals surface area contributed by atoms with Gasteiger partial charge in [0.05, 0.1) is 11.4 Å². The minimum absolute atomic E-state index is 0.281. The lowest BCUT2D eigenvalue weighted by molar-refractivity contribution is 0.0688. The number of hydrogen-bond acceptors (Lipinski definition) is 3. The van der Waals surface area contributed by atoms with Crippen LogP contribution < -0.4 is 0 Å². The van der Waals surface area contributed by atoms with Crippen LogP contribution in [0.25, 0.3) is 16.2 Å². The molecule has 0 bridgehead atoms. The van der Waals surface area contributed by atoms with Gasteiger partial charge >= 0.3 is 5.97 Å². The minimum Gasteiger partial charge on any atom is -0.477 e. The SMILES string of the molecule is CCc1nc2scc(-c3ccc(C)cc3C)n2c1C(=O)O. The highest BCUT2D eigenvalue weighted by Gasteiger charge is 2.22. The van der Waals surface area contributed by atoms with Gasteiger partial charge in [-0.15, -0.1) is 11.3 Å². The molecular weight excluding hydrogens is 284 g/mol. The molecule has 0 fully saturated rings. The lowest BCUT2D eigenvalue weighted by atomic mass is 10.0. The van der Waals surface area contributed by atoms with E-state index in [0.717, 1.165) is 21.8 Å². The van der Waals surface area contributed by atoms with E-state index in [4.69, 9.17) is 0 Å². The highest BCUT2D eigenvalue weighted by Crippen LogP contribution is 2.31. The van der Waals surface area contributed by atoms with Gasteiger partial charge < -0.3 is 5.11 Å². The monoisotopic (exact) mass is 300 g/mol. The number of imidazole rings is 1. The first-order chi connectivity index (χ1) is 10.0. The van der Waals surface area contributed by atoms with E-state index in [9.17, 15) is 9.90 Å². The number of rotatable bonds is 3. The van der Waals surface area contributed by atoms with Crippen LogP contribution in [-0.4, -0.2) is 20.5 Å². The summed E-state index contributed by atoms with van der Waals surface area (Å²) in [6, 6.07) is 6.20. The fourth-order valence-corrected chi connectivity index (χ4v) is 3.56. The molecule has 0 aliphatic rings. The van der Waals surface area contributed by atoms with Crippen LogP contribution in [0.1, 0.15) is 34.2 Å². The molecule has 0 aliphatic heterocycles. The Kier molecular flexibility index (Phi) is 3.29. The van der Waals surface area contributed by atoms with E-state index in [1.807, 2.05) is 31.4 Å². The van der Waals surface area contributed by atoms with Gasteiger partial charge in [0.1, 0.15) is 0 Å². The number of benzene rings is 1. The largest absolute Gasteiger partial charge is 0.477 e. The van der Waals surface area contributed by atoms with Crippen molar-refractivity contribution in [1.82, 2.24) is 9.38 Å². The fourth-order valence-electron chi connectivity index (χ4n) is 2.66. The molecule has 1 aromatic carbocycles. The van der Waals surface area contributed by atoms with E-state index in [0.29, 0.717) is 12.1 Å². The summed E-state index contributed by atoms with van der Waals surface area (Å²) < 4.78 is 1.77. The van der Waals surface area contributed by atoms with Gasteiger partial charge in [0.25, 0.3) is 0 Å². The Hall–Kier alpha value is -2.14. The number of thiazole rings is 1. The topological polar surface area (TPSA) is 54.6 Å². The zero-order valence-electron chi connectivity index (χ0n) is 12.2. The Labute approximate surface area is 126 Å². The Bertz CT molecular complexity index is 845. The van der Waals surface area contributed by atoms with Crippen molar-refractivity contribution in [2.75, 3.05) is 0 Å². The highest BCUT2D eigenvalue weighted by molar-refractivity contribution is 7.15. The molecule has 0 saturated heterocycles. The molecule has 0 radical (unpaired) electrons. The Morgan fingerprint density at radius 2 is 2.14 bits per heavy atom. The van der Waals surface area contributed by atoms with Gasteiger partial charge in [0.15, 0.2) is 10.7 Å². The predicted molar refractivity (Wildman–Crippen MR) is 84.3 cm³/mol. The van der Waals surface area contributed by atoms with Crippen LogP contribution in [-0.2, 0) is 6.42 Å². The number of aromatic nitrogens is 2. The summed E-state index contributed by atoms with van der Waals surface area (Å²) in [5.74, 6) is -0.927.